The summed E-state index contributed by atoms with van der Waals surface area (Å²) in [7, 11) is 0. The van der Waals surface area contributed by atoms with Crippen molar-refractivity contribution in [3.05, 3.63) is 71.5 Å². The quantitative estimate of drug-likeness (QED) is 0.673. The molecule has 0 atom stereocenters. The Morgan fingerprint density at radius 2 is 1.83 bits per heavy atom. The Balaban J connectivity index is 1.30. The van der Waals surface area contributed by atoms with Crippen molar-refractivity contribution in [1.29, 1.82) is 0 Å². The molecule has 2 N–H and O–H groups in total. The van der Waals surface area contributed by atoms with Crippen LogP contribution in [0, 0.1) is 19.8 Å². The van der Waals surface area contributed by atoms with E-state index in [1.165, 1.54) is 0 Å². The molecule has 0 aliphatic carbocycles. The molecule has 1 aliphatic rings. The molecule has 3 aromatic rings. The minimum absolute atomic E-state index is 0.0288. The van der Waals surface area contributed by atoms with Crippen molar-refractivity contribution in [3.8, 4) is 11.4 Å². The first kappa shape index (κ1) is 20.2. The van der Waals surface area contributed by atoms with Crippen molar-refractivity contribution in [2.75, 3.05) is 18.4 Å². The normalized spacial score (nSPS) is 15.3. The van der Waals surface area contributed by atoms with E-state index < -0.39 is 0 Å². The summed E-state index contributed by atoms with van der Waals surface area (Å²) in [6.45, 7) is 6.57. The van der Waals surface area contributed by atoms with Gasteiger partial charge >= 0.3 is 0 Å². The lowest BCUT2D eigenvalue weighted by Crippen LogP contribution is -2.37. The molecule has 0 spiro atoms. The molecule has 1 fully saturated rings. The molecular weight excluding hydrogens is 376 g/mol. The predicted molar refractivity (Wildman–Crippen MR) is 118 cm³/mol. The fourth-order valence-electron chi connectivity index (χ4n) is 4.09. The molecule has 0 radical (unpaired) electrons. The number of phenols is 1. The molecule has 156 valence electrons. The number of nitrogens with one attached hydrogen (secondary N) is 1. The molecule has 6 nitrogen and oxygen atoms in total. The number of aryl methyl sites for hydroxylation is 2. The summed E-state index contributed by atoms with van der Waals surface area (Å²) < 4.78 is 1.91. The zero-order valence-electron chi connectivity index (χ0n) is 17.5. The standard InChI is InChI=1S/C24H28N4O2/c1-17-14-18(2)28(26-17)22-8-6-21(7-9-22)25-24(30)20-10-12-27(13-11-20)16-19-4-3-5-23(29)15-19/h3-9,14-15,20,29H,10-13,16H2,1-2H3,(H,25,30). The lowest BCUT2D eigenvalue weighted by atomic mass is 9.95. The Labute approximate surface area is 177 Å². The van der Waals surface area contributed by atoms with Crippen LogP contribution in [0.3, 0.4) is 0 Å². The van der Waals surface area contributed by atoms with E-state index in [4.69, 9.17) is 0 Å². The number of rotatable bonds is 5. The number of aromatic nitrogens is 2. The smallest absolute Gasteiger partial charge is 0.227 e. The fraction of sp³-hybridized carbons (Fsp3) is 0.333. The molecule has 0 bridgehead atoms. The molecule has 1 aromatic heterocycles. The van der Waals surface area contributed by atoms with Gasteiger partial charge in [-0.15, -0.1) is 0 Å². The van der Waals surface area contributed by atoms with E-state index in [2.05, 4.69) is 15.3 Å². The van der Waals surface area contributed by atoms with Gasteiger partial charge in [0.25, 0.3) is 0 Å². The van der Waals surface area contributed by atoms with E-state index in [9.17, 15) is 9.90 Å². The van der Waals surface area contributed by atoms with Crippen molar-refractivity contribution in [2.24, 2.45) is 5.92 Å². The van der Waals surface area contributed by atoms with Crippen molar-refractivity contribution in [3.63, 3.8) is 0 Å². The number of anilines is 1. The van der Waals surface area contributed by atoms with Crippen molar-refractivity contribution < 1.29 is 9.90 Å². The third-order valence-corrected chi connectivity index (χ3v) is 5.66. The number of carbonyl (C=O) groups is 1. The third kappa shape index (κ3) is 4.71. The topological polar surface area (TPSA) is 70.4 Å². The highest BCUT2D eigenvalue weighted by molar-refractivity contribution is 5.92. The van der Waals surface area contributed by atoms with E-state index in [0.717, 1.165) is 60.8 Å². The minimum atomic E-state index is 0.0288. The average Bonchev–Trinajstić information content (AvgIpc) is 3.07. The molecule has 1 aliphatic heterocycles. The Kier molecular flexibility index (Phi) is 5.86. The SMILES string of the molecule is Cc1cc(C)n(-c2ccc(NC(=O)C3CCN(Cc4cccc(O)c4)CC3)cc2)n1. The molecule has 30 heavy (non-hydrogen) atoms. The number of amides is 1. The number of aromatic hydroxyl groups is 1. The Bertz CT molecular complexity index is 1020. The number of phenolic OH excluding ortho intramolecular Hbond substituents is 1. The highest BCUT2D eigenvalue weighted by atomic mass is 16.3. The van der Waals surface area contributed by atoms with E-state index in [1.807, 2.05) is 61.0 Å². The average molecular weight is 405 g/mol. The number of nitrogens with zero attached hydrogens (tertiary/aromatic N) is 3. The molecule has 0 unspecified atom stereocenters. The van der Waals surface area contributed by atoms with E-state index in [0.29, 0.717) is 5.75 Å². The summed E-state index contributed by atoms with van der Waals surface area (Å²) in [5, 5.41) is 17.2. The second-order valence-electron chi connectivity index (χ2n) is 8.10. The van der Waals surface area contributed by atoms with E-state index in [1.54, 1.807) is 12.1 Å². The summed E-state index contributed by atoms with van der Waals surface area (Å²) in [5.41, 5.74) is 4.97. The van der Waals surface area contributed by atoms with Crippen LogP contribution >= 0.6 is 0 Å². The summed E-state index contributed by atoms with van der Waals surface area (Å²) in [6, 6.07) is 17.2. The molecule has 1 amide bonds. The van der Waals surface area contributed by atoms with E-state index >= 15 is 0 Å². The Hall–Kier alpha value is -3.12. The summed E-state index contributed by atoms with van der Waals surface area (Å²) in [4.78, 5) is 15.0. The van der Waals surface area contributed by atoms with Gasteiger partial charge in [-0.3, -0.25) is 9.69 Å². The lowest BCUT2D eigenvalue weighted by molar-refractivity contribution is -0.121. The van der Waals surface area contributed by atoms with Crippen LogP contribution in [0.5, 0.6) is 5.75 Å². The van der Waals surface area contributed by atoms with Gasteiger partial charge < -0.3 is 10.4 Å². The number of hydrogen-bond acceptors (Lipinski definition) is 4. The monoisotopic (exact) mass is 404 g/mol. The van der Waals surface area contributed by atoms with Crippen LogP contribution in [0.2, 0.25) is 0 Å². The number of piperidine rings is 1. The van der Waals surface area contributed by atoms with Crippen molar-refractivity contribution >= 4 is 11.6 Å². The summed E-state index contributed by atoms with van der Waals surface area (Å²) in [5.74, 6) is 0.414. The predicted octanol–water partition coefficient (Wildman–Crippen LogP) is 4.05. The van der Waals surface area contributed by atoms with Gasteiger partial charge in [0.05, 0.1) is 11.4 Å². The number of hydrogen-bond donors (Lipinski definition) is 2. The van der Waals surface area contributed by atoms with Crippen LogP contribution in [-0.2, 0) is 11.3 Å². The van der Waals surface area contributed by atoms with Gasteiger partial charge in [0.2, 0.25) is 5.91 Å². The maximum absolute atomic E-state index is 12.7. The van der Waals surface area contributed by atoms with Gasteiger partial charge in [-0.1, -0.05) is 12.1 Å². The minimum Gasteiger partial charge on any atom is -0.508 e. The maximum atomic E-state index is 12.7. The summed E-state index contributed by atoms with van der Waals surface area (Å²) >= 11 is 0. The second kappa shape index (κ2) is 8.71. The van der Waals surface area contributed by atoms with Gasteiger partial charge in [0, 0.05) is 23.8 Å². The van der Waals surface area contributed by atoms with Gasteiger partial charge in [0.15, 0.2) is 0 Å². The first-order chi connectivity index (χ1) is 14.5. The van der Waals surface area contributed by atoms with Crippen molar-refractivity contribution in [1.82, 2.24) is 14.7 Å². The second-order valence-corrected chi connectivity index (χ2v) is 8.10. The molecule has 0 saturated carbocycles. The lowest BCUT2D eigenvalue weighted by Gasteiger charge is -2.31. The zero-order chi connectivity index (χ0) is 21.1. The highest BCUT2D eigenvalue weighted by Gasteiger charge is 2.25. The number of benzene rings is 2. The van der Waals surface area contributed by atoms with Gasteiger partial charge in [-0.05, 0) is 87.8 Å². The maximum Gasteiger partial charge on any atom is 0.227 e. The van der Waals surface area contributed by atoms with Crippen LogP contribution < -0.4 is 5.32 Å². The van der Waals surface area contributed by atoms with Crippen LogP contribution in [0.4, 0.5) is 5.69 Å². The van der Waals surface area contributed by atoms with Gasteiger partial charge in [-0.2, -0.15) is 5.10 Å². The Morgan fingerprint density at radius 1 is 1.10 bits per heavy atom. The molecule has 2 aromatic carbocycles. The first-order valence-electron chi connectivity index (χ1n) is 10.4. The molecule has 1 saturated heterocycles. The van der Waals surface area contributed by atoms with E-state index in [-0.39, 0.29) is 11.8 Å². The van der Waals surface area contributed by atoms with Gasteiger partial charge in [-0.25, -0.2) is 4.68 Å². The largest absolute Gasteiger partial charge is 0.508 e. The van der Waals surface area contributed by atoms with Crippen LogP contribution in [0.15, 0.2) is 54.6 Å². The van der Waals surface area contributed by atoms with Gasteiger partial charge in [0.1, 0.15) is 5.75 Å². The van der Waals surface area contributed by atoms with Crippen LogP contribution in [0.1, 0.15) is 29.8 Å². The molecule has 2 heterocycles. The Morgan fingerprint density at radius 3 is 2.47 bits per heavy atom. The fourth-order valence-corrected chi connectivity index (χ4v) is 4.09. The molecule has 6 heteroatoms. The highest BCUT2D eigenvalue weighted by Crippen LogP contribution is 2.23. The third-order valence-electron chi connectivity index (χ3n) is 5.66. The zero-order valence-corrected chi connectivity index (χ0v) is 17.5. The molecular formula is C24H28N4O2. The number of carbonyl (C=O) groups excluding carboxylic acids is 1. The van der Waals surface area contributed by atoms with Crippen LogP contribution in [0.25, 0.3) is 5.69 Å². The van der Waals surface area contributed by atoms with Crippen LogP contribution in [-0.4, -0.2) is 38.8 Å². The first-order valence-corrected chi connectivity index (χ1v) is 10.4. The number of likely N-dealkylation sites (tertiary alicyclic amines) is 1. The van der Waals surface area contributed by atoms with Crippen molar-refractivity contribution in [2.45, 2.75) is 33.2 Å². The molecule has 4 rings (SSSR count). The summed E-state index contributed by atoms with van der Waals surface area (Å²) in [6.07, 6.45) is 1.68.